The topological polar surface area (TPSA) is 0 Å². The summed E-state index contributed by atoms with van der Waals surface area (Å²) >= 11 is 0. The summed E-state index contributed by atoms with van der Waals surface area (Å²) in [6, 6.07) is 13.4. The molecule has 2 aliphatic carbocycles. The lowest BCUT2D eigenvalue weighted by atomic mass is 9.60. The van der Waals surface area contributed by atoms with Gasteiger partial charge in [-0.3, -0.25) is 0 Å². The number of rotatable bonds is 1. The Morgan fingerprint density at radius 2 is 1.95 bits per heavy atom. The maximum absolute atomic E-state index is 4.48. The molecule has 0 heteroatoms. The number of hydrogen-bond acceptors (Lipinski definition) is 0. The highest BCUT2D eigenvalue weighted by atomic mass is 14.5. The van der Waals surface area contributed by atoms with Crippen molar-refractivity contribution in [1.29, 1.82) is 0 Å². The van der Waals surface area contributed by atoms with Crippen molar-refractivity contribution in [2.24, 2.45) is 5.92 Å². The Balaban J connectivity index is 2.17. The van der Waals surface area contributed by atoms with E-state index in [9.17, 15) is 0 Å². The molecule has 0 amide bonds. The Kier molecular flexibility index (Phi) is 2.91. The zero-order chi connectivity index (χ0) is 15.3. The summed E-state index contributed by atoms with van der Waals surface area (Å²) in [5.41, 5.74) is 5.51. The average Bonchev–Trinajstić information content (AvgIpc) is 2.91. The van der Waals surface area contributed by atoms with Crippen molar-refractivity contribution in [3.63, 3.8) is 0 Å². The fourth-order valence-electron chi connectivity index (χ4n) is 4.87. The van der Waals surface area contributed by atoms with Crippen LogP contribution in [-0.2, 0) is 5.41 Å². The SMILES string of the molecule is C=C/C=C1\C(=C)c2cccc3cccc(c23)C12CCCC2C. The van der Waals surface area contributed by atoms with Gasteiger partial charge in [0.25, 0.3) is 0 Å². The summed E-state index contributed by atoms with van der Waals surface area (Å²) in [4.78, 5) is 0. The fraction of sp³-hybridized carbons (Fsp3) is 0.273. The van der Waals surface area contributed by atoms with E-state index >= 15 is 0 Å². The number of benzene rings is 2. The minimum atomic E-state index is 0.124. The fourth-order valence-corrected chi connectivity index (χ4v) is 4.87. The minimum Gasteiger partial charge on any atom is -0.0991 e. The molecular weight excluding hydrogens is 264 g/mol. The van der Waals surface area contributed by atoms with Crippen LogP contribution in [0.3, 0.4) is 0 Å². The van der Waals surface area contributed by atoms with Crippen LogP contribution in [0.5, 0.6) is 0 Å². The molecule has 2 aromatic rings. The summed E-state index contributed by atoms with van der Waals surface area (Å²) in [6.45, 7) is 10.8. The quantitative estimate of drug-likeness (QED) is 0.599. The van der Waals surface area contributed by atoms with E-state index in [1.807, 2.05) is 6.08 Å². The summed E-state index contributed by atoms with van der Waals surface area (Å²) in [5, 5.41) is 2.76. The average molecular weight is 286 g/mol. The highest BCUT2D eigenvalue weighted by Crippen LogP contribution is 2.58. The summed E-state index contributed by atoms with van der Waals surface area (Å²) < 4.78 is 0. The molecule has 0 heterocycles. The van der Waals surface area contributed by atoms with Gasteiger partial charge < -0.3 is 0 Å². The van der Waals surface area contributed by atoms with Crippen LogP contribution in [0.2, 0.25) is 0 Å². The molecule has 1 spiro atoms. The maximum Gasteiger partial charge on any atom is 0.0240 e. The van der Waals surface area contributed by atoms with Crippen LogP contribution in [0.1, 0.15) is 37.3 Å². The van der Waals surface area contributed by atoms with Gasteiger partial charge in [-0.15, -0.1) is 0 Å². The van der Waals surface area contributed by atoms with E-state index < -0.39 is 0 Å². The predicted octanol–water partition coefficient (Wildman–Crippen LogP) is 6.04. The van der Waals surface area contributed by atoms with Gasteiger partial charge in [0, 0.05) is 5.41 Å². The molecule has 0 N–H and O–H groups in total. The van der Waals surface area contributed by atoms with Crippen LogP contribution in [0.25, 0.3) is 16.3 Å². The van der Waals surface area contributed by atoms with E-state index in [0.717, 1.165) is 0 Å². The van der Waals surface area contributed by atoms with E-state index in [0.29, 0.717) is 5.92 Å². The van der Waals surface area contributed by atoms with Crippen molar-refractivity contribution in [2.75, 3.05) is 0 Å². The van der Waals surface area contributed by atoms with Crippen molar-refractivity contribution >= 4 is 16.3 Å². The standard InChI is InChI=1S/C22H22/c1-4-8-19-16(3)18-12-5-10-17-11-6-13-20(21(17)18)22(19)14-7-9-15(22)2/h4-6,8,10-13,15H,1,3,7,9,14H2,2H3/b19-8+. The number of fused-ring (bicyclic) bond motifs is 1. The lowest BCUT2D eigenvalue weighted by Crippen LogP contribution is -2.34. The normalized spacial score (nSPS) is 28.7. The molecule has 0 nitrogen and oxygen atoms in total. The van der Waals surface area contributed by atoms with Gasteiger partial charge in [0.15, 0.2) is 0 Å². The minimum absolute atomic E-state index is 0.124. The van der Waals surface area contributed by atoms with Gasteiger partial charge in [0.2, 0.25) is 0 Å². The molecule has 22 heavy (non-hydrogen) atoms. The molecule has 1 saturated carbocycles. The van der Waals surface area contributed by atoms with Crippen LogP contribution in [0, 0.1) is 5.92 Å². The highest BCUT2D eigenvalue weighted by molar-refractivity contribution is 6.04. The van der Waals surface area contributed by atoms with Gasteiger partial charge in [0.05, 0.1) is 0 Å². The Bertz CT molecular complexity index is 816. The van der Waals surface area contributed by atoms with Crippen molar-refractivity contribution < 1.29 is 0 Å². The molecule has 0 bridgehead atoms. The zero-order valence-corrected chi connectivity index (χ0v) is 13.2. The van der Waals surface area contributed by atoms with E-state index in [2.05, 4.69) is 62.6 Å². The molecule has 2 aromatic carbocycles. The molecule has 0 radical (unpaired) electrons. The van der Waals surface area contributed by atoms with Crippen LogP contribution in [-0.4, -0.2) is 0 Å². The number of hydrogen-bond donors (Lipinski definition) is 0. The largest absolute Gasteiger partial charge is 0.0991 e. The van der Waals surface area contributed by atoms with Gasteiger partial charge in [-0.1, -0.05) is 75.1 Å². The molecule has 2 aliphatic rings. The Labute approximate surface area is 132 Å². The lowest BCUT2D eigenvalue weighted by Gasteiger charge is -2.43. The van der Waals surface area contributed by atoms with Crippen LogP contribution in [0.4, 0.5) is 0 Å². The molecule has 2 atom stereocenters. The van der Waals surface area contributed by atoms with E-state index in [4.69, 9.17) is 0 Å². The van der Waals surface area contributed by atoms with Crippen molar-refractivity contribution in [3.8, 4) is 0 Å². The van der Waals surface area contributed by atoms with Gasteiger partial charge in [-0.2, -0.15) is 0 Å². The van der Waals surface area contributed by atoms with Crippen LogP contribution < -0.4 is 0 Å². The first-order valence-electron chi connectivity index (χ1n) is 8.25. The first-order valence-corrected chi connectivity index (χ1v) is 8.25. The van der Waals surface area contributed by atoms with Gasteiger partial charge in [0.1, 0.15) is 0 Å². The second-order valence-corrected chi connectivity index (χ2v) is 6.77. The van der Waals surface area contributed by atoms with E-state index in [1.54, 1.807) is 0 Å². The third-order valence-corrected chi connectivity index (χ3v) is 5.85. The molecular formula is C22H22. The van der Waals surface area contributed by atoms with Gasteiger partial charge >= 0.3 is 0 Å². The van der Waals surface area contributed by atoms with Crippen molar-refractivity contribution in [2.45, 2.75) is 31.6 Å². The van der Waals surface area contributed by atoms with Gasteiger partial charge in [-0.05, 0) is 51.8 Å². The second kappa shape index (κ2) is 4.71. The van der Waals surface area contributed by atoms with E-state index in [1.165, 1.54) is 52.3 Å². The first-order chi connectivity index (χ1) is 10.7. The molecule has 1 fully saturated rings. The third-order valence-electron chi connectivity index (χ3n) is 5.85. The molecule has 4 rings (SSSR count). The third kappa shape index (κ3) is 1.53. The van der Waals surface area contributed by atoms with Crippen LogP contribution in [0.15, 0.2) is 67.3 Å². The first kappa shape index (κ1) is 13.6. The Hall–Kier alpha value is -2.08. The molecule has 2 unspecified atom stereocenters. The summed E-state index contributed by atoms with van der Waals surface area (Å²) in [6.07, 6.45) is 7.95. The molecule has 0 saturated heterocycles. The summed E-state index contributed by atoms with van der Waals surface area (Å²) in [7, 11) is 0. The van der Waals surface area contributed by atoms with Crippen molar-refractivity contribution in [1.82, 2.24) is 0 Å². The lowest BCUT2D eigenvalue weighted by molar-refractivity contribution is 0.407. The predicted molar refractivity (Wildman–Crippen MR) is 96.0 cm³/mol. The second-order valence-electron chi connectivity index (χ2n) is 6.77. The Morgan fingerprint density at radius 1 is 1.18 bits per heavy atom. The molecule has 0 aliphatic heterocycles. The highest BCUT2D eigenvalue weighted by Gasteiger charge is 2.48. The molecule has 0 aromatic heterocycles. The Morgan fingerprint density at radius 3 is 2.64 bits per heavy atom. The summed E-state index contributed by atoms with van der Waals surface area (Å²) in [5.74, 6) is 0.648. The van der Waals surface area contributed by atoms with E-state index in [-0.39, 0.29) is 5.41 Å². The monoisotopic (exact) mass is 286 g/mol. The molecule has 110 valence electrons. The van der Waals surface area contributed by atoms with Crippen molar-refractivity contribution in [3.05, 3.63) is 78.4 Å². The van der Waals surface area contributed by atoms with Gasteiger partial charge in [-0.25, -0.2) is 0 Å². The van der Waals surface area contributed by atoms with Crippen LogP contribution >= 0.6 is 0 Å². The zero-order valence-electron chi connectivity index (χ0n) is 13.2. The number of allylic oxidation sites excluding steroid dienone is 4. The maximum atomic E-state index is 4.48. The smallest absolute Gasteiger partial charge is 0.0240 e.